The van der Waals surface area contributed by atoms with Gasteiger partial charge in [-0.1, -0.05) is 18.2 Å². The maximum absolute atomic E-state index is 4.69. The van der Waals surface area contributed by atoms with E-state index >= 15 is 0 Å². The van der Waals surface area contributed by atoms with Crippen LogP contribution in [-0.4, -0.2) is 51.1 Å². The minimum atomic E-state index is 0.572. The van der Waals surface area contributed by atoms with Crippen molar-refractivity contribution in [1.82, 2.24) is 30.2 Å². The van der Waals surface area contributed by atoms with Gasteiger partial charge in [-0.3, -0.25) is 0 Å². The van der Waals surface area contributed by atoms with E-state index in [1.165, 1.54) is 24.1 Å². The Morgan fingerprint density at radius 3 is 2.34 bits per heavy atom. The van der Waals surface area contributed by atoms with Gasteiger partial charge >= 0.3 is 0 Å². The van der Waals surface area contributed by atoms with Crippen molar-refractivity contribution in [3.63, 3.8) is 0 Å². The van der Waals surface area contributed by atoms with E-state index in [1.54, 1.807) is 12.4 Å². The zero-order chi connectivity index (χ0) is 24.0. The summed E-state index contributed by atoms with van der Waals surface area (Å²) < 4.78 is 0. The predicted molar refractivity (Wildman–Crippen MR) is 139 cm³/mol. The van der Waals surface area contributed by atoms with E-state index in [2.05, 4.69) is 66.8 Å². The van der Waals surface area contributed by atoms with Gasteiger partial charge in [0.15, 0.2) is 5.82 Å². The summed E-state index contributed by atoms with van der Waals surface area (Å²) in [6, 6.07) is 18.9. The van der Waals surface area contributed by atoms with Crippen LogP contribution in [0.15, 0.2) is 67.0 Å². The molecule has 1 fully saturated rings. The fraction of sp³-hybridized carbons (Fsp3) is 0.296. The Bertz CT molecular complexity index is 1270. The van der Waals surface area contributed by atoms with Gasteiger partial charge < -0.3 is 15.5 Å². The molecule has 4 heterocycles. The molecule has 35 heavy (non-hydrogen) atoms. The van der Waals surface area contributed by atoms with E-state index in [0.29, 0.717) is 29.9 Å². The number of pyridine rings is 1. The number of rotatable bonds is 7. The summed E-state index contributed by atoms with van der Waals surface area (Å²) in [6.07, 6.45) is 6.52. The minimum Gasteiger partial charge on any atom is -0.371 e. The SMILES string of the molecule is CNC1CCN(c2ccc(Cc3nccc(Nc4ccnc(-c5cccc(C)n5)n4)n3)cc2)CC1. The molecule has 1 saturated heterocycles. The fourth-order valence-corrected chi connectivity index (χ4v) is 4.34. The monoisotopic (exact) mass is 466 g/mol. The van der Waals surface area contributed by atoms with E-state index in [9.17, 15) is 0 Å². The van der Waals surface area contributed by atoms with Crippen molar-refractivity contribution in [2.24, 2.45) is 0 Å². The summed E-state index contributed by atoms with van der Waals surface area (Å²) in [5.74, 6) is 2.69. The van der Waals surface area contributed by atoms with Crippen LogP contribution < -0.4 is 15.5 Å². The number of anilines is 3. The van der Waals surface area contributed by atoms with E-state index in [4.69, 9.17) is 4.98 Å². The van der Waals surface area contributed by atoms with Gasteiger partial charge in [0.05, 0.1) is 0 Å². The molecule has 178 valence electrons. The first-order chi connectivity index (χ1) is 17.2. The van der Waals surface area contributed by atoms with Crippen LogP contribution in [0.1, 0.15) is 29.9 Å². The topological polar surface area (TPSA) is 91.8 Å². The number of hydrogen-bond acceptors (Lipinski definition) is 8. The maximum Gasteiger partial charge on any atom is 0.180 e. The molecule has 0 atom stereocenters. The van der Waals surface area contributed by atoms with E-state index in [1.807, 2.05) is 37.3 Å². The lowest BCUT2D eigenvalue weighted by Gasteiger charge is -2.33. The third-order valence-corrected chi connectivity index (χ3v) is 6.30. The van der Waals surface area contributed by atoms with Crippen LogP contribution in [0.5, 0.6) is 0 Å². The number of nitrogens with one attached hydrogen (secondary N) is 2. The number of piperidine rings is 1. The number of nitrogens with zero attached hydrogens (tertiary/aromatic N) is 6. The molecule has 4 aromatic rings. The molecule has 0 bridgehead atoms. The van der Waals surface area contributed by atoms with Gasteiger partial charge in [0.2, 0.25) is 0 Å². The third kappa shape index (κ3) is 5.78. The quantitative estimate of drug-likeness (QED) is 0.420. The first-order valence-electron chi connectivity index (χ1n) is 12.0. The highest BCUT2D eigenvalue weighted by Gasteiger charge is 2.17. The Kier molecular flexibility index (Phi) is 6.90. The second-order valence-corrected chi connectivity index (χ2v) is 8.81. The largest absolute Gasteiger partial charge is 0.371 e. The lowest BCUT2D eigenvalue weighted by molar-refractivity contribution is 0.442. The average Bonchev–Trinajstić information content (AvgIpc) is 2.90. The molecule has 0 spiro atoms. The number of hydrogen-bond donors (Lipinski definition) is 2. The summed E-state index contributed by atoms with van der Waals surface area (Å²) in [5.41, 5.74) is 4.14. The van der Waals surface area contributed by atoms with Gasteiger partial charge in [-0.05, 0) is 68.8 Å². The molecule has 5 rings (SSSR count). The van der Waals surface area contributed by atoms with Crippen LogP contribution in [0.2, 0.25) is 0 Å². The van der Waals surface area contributed by atoms with Gasteiger partial charge in [0.1, 0.15) is 23.2 Å². The molecule has 0 amide bonds. The molecule has 8 nitrogen and oxygen atoms in total. The zero-order valence-corrected chi connectivity index (χ0v) is 20.1. The lowest BCUT2D eigenvalue weighted by atomic mass is 10.0. The van der Waals surface area contributed by atoms with Crippen molar-refractivity contribution in [3.8, 4) is 11.5 Å². The zero-order valence-electron chi connectivity index (χ0n) is 20.1. The van der Waals surface area contributed by atoms with Crippen LogP contribution in [0.25, 0.3) is 11.5 Å². The van der Waals surface area contributed by atoms with Gasteiger partial charge in [-0.15, -0.1) is 0 Å². The summed E-state index contributed by atoms with van der Waals surface area (Å²) in [6.45, 7) is 4.13. The van der Waals surface area contributed by atoms with Crippen molar-refractivity contribution in [2.45, 2.75) is 32.2 Å². The summed E-state index contributed by atoms with van der Waals surface area (Å²) >= 11 is 0. The van der Waals surface area contributed by atoms with Crippen LogP contribution in [0, 0.1) is 6.92 Å². The van der Waals surface area contributed by atoms with E-state index in [-0.39, 0.29) is 0 Å². The summed E-state index contributed by atoms with van der Waals surface area (Å²) in [4.78, 5) is 25.1. The van der Waals surface area contributed by atoms with Crippen molar-refractivity contribution in [3.05, 3.63) is 84.1 Å². The molecular formula is C27H30N8. The molecule has 3 aromatic heterocycles. The Hall–Kier alpha value is -3.91. The van der Waals surface area contributed by atoms with Crippen LogP contribution in [0.4, 0.5) is 17.3 Å². The van der Waals surface area contributed by atoms with Crippen LogP contribution in [0.3, 0.4) is 0 Å². The molecule has 0 saturated carbocycles. The van der Waals surface area contributed by atoms with Crippen molar-refractivity contribution >= 4 is 17.3 Å². The third-order valence-electron chi connectivity index (χ3n) is 6.30. The Morgan fingerprint density at radius 1 is 0.857 bits per heavy atom. The second-order valence-electron chi connectivity index (χ2n) is 8.81. The van der Waals surface area contributed by atoms with E-state index in [0.717, 1.165) is 30.3 Å². The normalized spacial score (nSPS) is 14.2. The summed E-state index contributed by atoms with van der Waals surface area (Å²) in [5, 5.41) is 6.66. The van der Waals surface area contributed by atoms with Crippen molar-refractivity contribution < 1.29 is 0 Å². The minimum absolute atomic E-state index is 0.572. The second kappa shape index (κ2) is 10.6. The standard InChI is InChI=1S/C27H30N8/c1-19-4-3-5-23(31-19)27-30-15-11-25(34-27)32-24-10-14-29-26(33-24)18-20-6-8-22(9-7-20)35-16-12-21(28-2)13-17-35/h3-11,14-15,21,28H,12-13,16-18H2,1-2H3,(H,29,30,32,33,34). The number of aromatic nitrogens is 5. The van der Waals surface area contributed by atoms with Crippen molar-refractivity contribution in [1.29, 1.82) is 0 Å². The highest BCUT2D eigenvalue weighted by Crippen LogP contribution is 2.22. The lowest BCUT2D eigenvalue weighted by Crippen LogP contribution is -2.41. The molecule has 8 heteroatoms. The first-order valence-corrected chi connectivity index (χ1v) is 12.0. The van der Waals surface area contributed by atoms with E-state index < -0.39 is 0 Å². The Morgan fingerprint density at radius 2 is 1.60 bits per heavy atom. The van der Waals surface area contributed by atoms with Gasteiger partial charge in [0.25, 0.3) is 0 Å². The molecule has 1 aliphatic rings. The molecule has 1 aliphatic heterocycles. The molecule has 0 unspecified atom stereocenters. The maximum atomic E-state index is 4.69. The predicted octanol–water partition coefficient (Wildman–Crippen LogP) is 4.16. The van der Waals surface area contributed by atoms with Gasteiger partial charge in [0, 0.05) is 49.3 Å². The molecule has 0 aliphatic carbocycles. The molecular weight excluding hydrogens is 436 g/mol. The highest BCUT2D eigenvalue weighted by atomic mass is 15.1. The fourth-order valence-electron chi connectivity index (χ4n) is 4.34. The summed E-state index contributed by atoms with van der Waals surface area (Å²) in [7, 11) is 2.05. The molecule has 2 N–H and O–H groups in total. The molecule has 1 aromatic carbocycles. The average molecular weight is 467 g/mol. The van der Waals surface area contributed by atoms with Gasteiger partial charge in [-0.25, -0.2) is 24.9 Å². The van der Waals surface area contributed by atoms with Crippen LogP contribution in [-0.2, 0) is 6.42 Å². The number of benzene rings is 1. The van der Waals surface area contributed by atoms with Gasteiger partial charge in [-0.2, -0.15) is 0 Å². The number of aryl methyl sites for hydroxylation is 1. The highest BCUT2D eigenvalue weighted by molar-refractivity contribution is 5.56. The van der Waals surface area contributed by atoms with Crippen molar-refractivity contribution in [2.75, 3.05) is 30.4 Å². The Labute approximate surface area is 205 Å². The Balaban J connectivity index is 1.24. The smallest absolute Gasteiger partial charge is 0.180 e. The van der Waals surface area contributed by atoms with Crippen LogP contribution >= 0.6 is 0 Å². The first kappa shape index (κ1) is 22.9. The molecule has 0 radical (unpaired) electrons.